The minimum Gasteiger partial charge on any atom is -0.493 e. The fraction of sp³-hybridized carbons (Fsp3) is 0.238. The second kappa shape index (κ2) is 7.37. The second-order valence-corrected chi connectivity index (χ2v) is 5.85. The van der Waals surface area contributed by atoms with E-state index in [-0.39, 0.29) is 5.92 Å². The van der Waals surface area contributed by atoms with Gasteiger partial charge in [-0.2, -0.15) is 0 Å². The third kappa shape index (κ3) is 3.36. The molecule has 0 saturated carbocycles. The van der Waals surface area contributed by atoms with Crippen LogP contribution in [0.4, 0.5) is 0 Å². The average Bonchev–Trinajstić information content (AvgIpc) is 3.09. The zero-order chi connectivity index (χ0) is 16.9. The summed E-state index contributed by atoms with van der Waals surface area (Å²) in [6.07, 6.45) is 6.64. The highest BCUT2D eigenvalue weighted by atomic mass is 16.5. The molecule has 2 aromatic carbocycles. The van der Waals surface area contributed by atoms with Crippen molar-refractivity contribution in [3.8, 4) is 11.5 Å². The van der Waals surface area contributed by atoms with Crippen LogP contribution in [0.2, 0.25) is 0 Å². The first-order chi connectivity index (χ1) is 11.7. The zero-order valence-corrected chi connectivity index (χ0v) is 14.0. The molecule has 0 aromatic heterocycles. The number of hydrogen-bond donors (Lipinski definition) is 1. The molecule has 24 heavy (non-hydrogen) atoms. The van der Waals surface area contributed by atoms with Crippen LogP contribution in [0, 0.1) is 5.92 Å². The van der Waals surface area contributed by atoms with E-state index in [2.05, 4.69) is 18.2 Å². The van der Waals surface area contributed by atoms with E-state index in [1.807, 2.05) is 48.5 Å². The molecular formula is C21H22O3. The molecule has 3 heteroatoms. The molecule has 0 aliphatic heterocycles. The van der Waals surface area contributed by atoms with Gasteiger partial charge >= 0.3 is 0 Å². The Morgan fingerprint density at radius 3 is 2.50 bits per heavy atom. The summed E-state index contributed by atoms with van der Waals surface area (Å²) in [7, 11) is 3.26. The van der Waals surface area contributed by atoms with Gasteiger partial charge in [0.15, 0.2) is 11.5 Å². The Morgan fingerprint density at radius 2 is 1.79 bits per heavy atom. The zero-order valence-electron chi connectivity index (χ0n) is 14.0. The van der Waals surface area contributed by atoms with Crippen molar-refractivity contribution >= 4 is 6.08 Å². The lowest BCUT2D eigenvalue weighted by atomic mass is 9.90. The Labute approximate surface area is 142 Å². The summed E-state index contributed by atoms with van der Waals surface area (Å²) in [5.41, 5.74) is 3.17. The molecule has 1 N–H and O–H groups in total. The summed E-state index contributed by atoms with van der Waals surface area (Å²) in [6, 6.07) is 15.6. The number of aliphatic hydroxyl groups is 1. The monoisotopic (exact) mass is 322 g/mol. The van der Waals surface area contributed by atoms with Crippen molar-refractivity contribution in [3.63, 3.8) is 0 Å². The van der Waals surface area contributed by atoms with Crippen LogP contribution in [0.1, 0.15) is 23.7 Å². The largest absolute Gasteiger partial charge is 0.493 e. The van der Waals surface area contributed by atoms with Crippen LogP contribution in [0.25, 0.3) is 6.08 Å². The number of benzene rings is 2. The Bertz CT molecular complexity index is 747. The Balaban J connectivity index is 1.87. The molecule has 0 heterocycles. The summed E-state index contributed by atoms with van der Waals surface area (Å²) in [5, 5.41) is 10.7. The van der Waals surface area contributed by atoms with Crippen molar-refractivity contribution in [1.29, 1.82) is 0 Å². The predicted octanol–water partition coefficient (Wildman–Crippen LogP) is 4.40. The van der Waals surface area contributed by atoms with Gasteiger partial charge in [0.25, 0.3) is 0 Å². The average molecular weight is 322 g/mol. The van der Waals surface area contributed by atoms with Gasteiger partial charge in [0.2, 0.25) is 0 Å². The number of rotatable bonds is 5. The maximum atomic E-state index is 10.7. The fourth-order valence-electron chi connectivity index (χ4n) is 3.09. The molecule has 0 saturated heterocycles. The summed E-state index contributed by atoms with van der Waals surface area (Å²) >= 11 is 0. The summed E-state index contributed by atoms with van der Waals surface area (Å²) in [6.45, 7) is 0. The van der Waals surface area contributed by atoms with Gasteiger partial charge < -0.3 is 14.6 Å². The van der Waals surface area contributed by atoms with E-state index in [1.165, 1.54) is 5.57 Å². The standard InChI is InChI=1S/C21H22O3/c1-23-19-12-11-15(14-20(19)24-2)13-17-9-6-10-18(17)21(22)16-7-4-3-5-8-16/h3-8,10-14,18,21-22H,9H2,1-2H3/b17-13+/t18-,21+/m0/s1. The van der Waals surface area contributed by atoms with Crippen LogP contribution in [-0.4, -0.2) is 19.3 Å². The maximum Gasteiger partial charge on any atom is 0.161 e. The minimum atomic E-state index is -0.531. The maximum absolute atomic E-state index is 10.7. The molecule has 0 spiro atoms. The number of allylic oxidation sites excluding steroid dienone is 1. The molecular weight excluding hydrogens is 300 g/mol. The van der Waals surface area contributed by atoms with Gasteiger partial charge in [-0.1, -0.05) is 60.2 Å². The van der Waals surface area contributed by atoms with Gasteiger partial charge in [-0.05, 0) is 29.7 Å². The van der Waals surface area contributed by atoms with Crippen molar-refractivity contribution in [2.45, 2.75) is 12.5 Å². The Hall–Kier alpha value is -2.52. The van der Waals surface area contributed by atoms with E-state index in [9.17, 15) is 5.11 Å². The van der Waals surface area contributed by atoms with E-state index in [1.54, 1.807) is 14.2 Å². The van der Waals surface area contributed by atoms with Gasteiger partial charge in [0.05, 0.1) is 20.3 Å². The summed E-state index contributed by atoms with van der Waals surface area (Å²) < 4.78 is 10.6. The number of aliphatic hydroxyl groups excluding tert-OH is 1. The van der Waals surface area contributed by atoms with E-state index >= 15 is 0 Å². The predicted molar refractivity (Wildman–Crippen MR) is 96.2 cm³/mol. The van der Waals surface area contributed by atoms with Crippen LogP contribution in [0.5, 0.6) is 11.5 Å². The van der Waals surface area contributed by atoms with Gasteiger partial charge in [0, 0.05) is 5.92 Å². The molecule has 124 valence electrons. The van der Waals surface area contributed by atoms with Crippen molar-refractivity contribution in [2.75, 3.05) is 14.2 Å². The molecule has 3 nitrogen and oxygen atoms in total. The lowest BCUT2D eigenvalue weighted by Crippen LogP contribution is -2.10. The van der Waals surface area contributed by atoms with E-state index in [0.717, 1.165) is 17.5 Å². The molecule has 2 aromatic rings. The highest BCUT2D eigenvalue weighted by molar-refractivity contribution is 5.60. The highest BCUT2D eigenvalue weighted by Gasteiger charge is 2.25. The van der Waals surface area contributed by atoms with E-state index in [0.29, 0.717) is 11.5 Å². The molecule has 0 bridgehead atoms. The number of ether oxygens (including phenoxy) is 2. The summed E-state index contributed by atoms with van der Waals surface area (Å²) in [5.74, 6) is 1.42. The minimum absolute atomic E-state index is 0.000460. The SMILES string of the molecule is COc1ccc(/C=C2\CC=C[C@@H]2[C@H](O)c2ccccc2)cc1OC. The fourth-order valence-corrected chi connectivity index (χ4v) is 3.09. The molecule has 1 aliphatic carbocycles. The van der Waals surface area contributed by atoms with Crippen molar-refractivity contribution in [1.82, 2.24) is 0 Å². The van der Waals surface area contributed by atoms with E-state index in [4.69, 9.17) is 9.47 Å². The molecule has 0 radical (unpaired) electrons. The molecule has 0 amide bonds. The Morgan fingerprint density at radius 1 is 1.04 bits per heavy atom. The van der Waals surface area contributed by atoms with Crippen molar-refractivity contribution in [3.05, 3.63) is 77.4 Å². The van der Waals surface area contributed by atoms with Crippen molar-refractivity contribution < 1.29 is 14.6 Å². The second-order valence-electron chi connectivity index (χ2n) is 5.85. The van der Waals surface area contributed by atoms with Gasteiger partial charge in [0.1, 0.15) is 0 Å². The van der Waals surface area contributed by atoms with Crippen molar-refractivity contribution in [2.24, 2.45) is 5.92 Å². The molecule has 2 atom stereocenters. The summed E-state index contributed by atoms with van der Waals surface area (Å²) in [4.78, 5) is 0. The lowest BCUT2D eigenvalue weighted by molar-refractivity contribution is 0.148. The van der Waals surface area contributed by atoms with Gasteiger partial charge in [-0.15, -0.1) is 0 Å². The van der Waals surface area contributed by atoms with Crippen LogP contribution in [0.15, 0.2) is 66.3 Å². The first kappa shape index (κ1) is 16.3. The van der Waals surface area contributed by atoms with Gasteiger partial charge in [-0.25, -0.2) is 0 Å². The smallest absolute Gasteiger partial charge is 0.161 e. The van der Waals surface area contributed by atoms with Crippen LogP contribution < -0.4 is 9.47 Å². The van der Waals surface area contributed by atoms with Crippen LogP contribution >= 0.6 is 0 Å². The molecule has 1 aliphatic rings. The first-order valence-electron chi connectivity index (χ1n) is 8.05. The van der Waals surface area contributed by atoms with Gasteiger partial charge in [-0.3, -0.25) is 0 Å². The lowest BCUT2D eigenvalue weighted by Gasteiger charge is -2.19. The number of hydrogen-bond acceptors (Lipinski definition) is 3. The number of methoxy groups -OCH3 is 2. The normalized spacial score (nSPS) is 19.5. The van der Waals surface area contributed by atoms with Crippen LogP contribution in [-0.2, 0) is 0 Å². The quantitative estimate of drug-likeness (QED) is 0.829. The molecule has 0 fully saturated rings. The third-order valence-corrected chi connectivity index (χ3v) is 4.37. The molecule has 0 unspecified atom stereocenters. The molecule has 3 rings (SSSR count). The highest BCUT2D eigenvalue weighted by Crippen LogP contribution is 2.37. The Kier molecular flexibility index (Phi) is 5.02. The first-order valence-corrected chi connectivity index (χ1v) is 8.05. The van der Waals surface area contributed by atoms with Crippen LogP contribution in [0.3, 0.4) is 0 Å². The topological polar surface area (TPSA) is 38.7 Å². The third-order valence-electron chi connectivity index (χ3n) is 4.37. The van der Waals surface area contributed by atoms with E-state index < -0.39 is 6.10 Å².